The Labute approximate surface area is 73.4 Å². The molecule has 1 rings (SSSR count). The fourth-order valence-corrected chi connectivity index (χ4v) is 1.98. The zero-order valence-electron chi connectivity index (χ0n) is 8.00. The van der Waals surface area contributed by atoms with Crippen molar-refractivity contribution in [1.29, 1.82) is 0 Å². The van der Waals surface area contributed by atoms with Gasteiger partial charge in [0, 0.05) is 5.54 Å². The molecule has 0 bridgehead atoms. The molecule has 0 aliphatic carbocycles. The number of aliphatic carboxylic acids is 1. The highest BCUT2D eigenvalue weighted by atomic mass is 16.4. The number of likely N-dealkylation sites (tertiary alicyclic amines) is 1. The molecule has 1 heterocycles. The summed E-state index contributed by atoms with van der Waals surface area (Å²) in [4.78, 5) is 12.8. The fourth-order valence-electron chi connectivity index (χ4n) is 1.98. The first-order valence-electron chi connectivity index (χ1n) is 4.45. The van der Waals surface area contributed by atoms with Gasteiger partial charge in [0.05, 0.1) is 0 Å². The third-order valence-corrected chi connectivity index (χ3v) is 2.79. The molecule has 0 amide bonds. The quantitative estimate of drug-likeness (QED) is 0.681. The normalized spacial score (nSPS) is 25.6. The van der Waals surface area contributed by atoms with Crippen molar-refractivity contribution in [3.63, 3.8) is 0 Å². The number of carbonyl (C=O) groups is 1. The maximum absolute atomic E-state index is 10.7. The van der Waals surface area contributed by atoms with E-state index in [2.05, 4.69) is 18.7 Å². The summed E-state index contributed by atoms with van der Waals surface area (Å²) in [7, 11) is 0. The van der Waals surface area contributed by atoms with Crippen LogP contribution in [0.3, 0.4) is 0 Å². The lowest BCUT2D eigenvalue weighted by molar-refractivity contribution is -0.144. The topological polar surface area (TPSA) is 40.5 Å². The molecule has 1 aliphatic heterocycles. The molecule has 3 heteroatoms. The number of hydrogen-bond acceptors (Lipinski definition) is 2. The summed E-state index contributed by atoms with van der Waals surface area (Å²) in [6.07, 6.45) is 2.22. The lowest BCUT2D eigenvalue weighted by Gasteiger charge is -2.34. The van der Waals surface area contributed by atoms with Gasteiger partial charge >= 0.3 is 5.97 Å². The molecule has 1 saturated heterocycles. The Bertz CT molecular complexity index is 189. The molecule has 1 atom stereocenters. The summed E-state index contributed by atoms with van der Waals surface area (Å²) in [6.45, 7) is 6.90. The number of nitrogens with zero attached hydrogens (tertiary/aromatic N) is 1. The maximum Gasteiger partial charge on any atom is 0.320 e. The number of hydrogen-bond donors (Lipinski definition) is 1. The molecule has 12 heavy (non-hydrogen) atoms. The molecule has 1 N–H and O–H groups in total. The van der Waals surface area contributed by atoms with Crippen LogP contribution in [0.2, 0.25) is 0 Å². The summed E-state index contributed by atoms with van der Waals surface area (Å²) >= 11 is 0. The Balaban J connectivity index is 2.68. The predicted molar refractivity (Wildman–Crippen MR) is 47.1 cm³/mol. The van der Waals surface area contributed by atoms with E-state index >= 15 is 0 Å². The van der Waals surface area contributed by atoms with E-state index in [4.69, 9.17) is 5.11 Å². The summed E-state index contributed by atoms with van der Waals surface area (Å²) in [5.41, 5.74) is 0.0673. The van der Waals surface area contributed by atoms with Crippen LogP contribution in [0.5, 0.6) is 0 Å². The Hall–Kier alpha value is -0.570. The van der Waals surface area contributed by atoms with Crippen molar-refractivity contribution in [3.8, 4) is 0 Å². The van der Waals surface area contributed by atoms with Crippen molar-refractivity contribution in [1.82, 2.24) is 4.90 Å². The zero-order chi connectivity index (χ0) is 9.35. The molecule has 3 nitrogen and oxygen atoms in total. The zero-order valence-corrected chi connectivity index (χ0v) is 8.00. The van der Waals surface area contributed by atoms with E-state index < -0.39 is 5.97 Å². The van der Waals surface area contributed by atoms with Gasteiger partial charge in [0.1, 0.15) is 6.04 Å². The van der Waals surface area contributed by atoms with Gasteiger partial charge in [-0.25, -0.2) is 0 Å². The van der Waals surface area contributed by atoms with Crippen LogP contribution >= 0.6 is 0 Å². The van der Waals surface area contributed by atoms with Crippen LogP contribution in [0.15, 0.2) is 0 Å². The van der Waals surface area contributed by atoms with E-state index in [0.717, 1.165) is 19.4 Å². The molecule has 0 saturated carbocycles. The lowest BCUT2D eigenvalue weighted by atomic mass is 10.0. The Morgan fingerprint density at radius 2 is 2.17 bits per heavy atom. The third kappa shape index (κ3) is 1.61. The van der Waals surface area contributed by atoms with Crippen molar-refractivity contribution in [2.75, 3.05) is 6.54 Å². The van der Waals surface area contributed by atoms with Gasteiger partial charge in [-0.1, -0.05) is 0 Å². The minimum absolute atomic E-state index is 0.0673. The van der Waals surface area contributed by atoms with Gasteiger partial charge in [0.15, 0.2) is 0 Å². The van der Waals surface area contributed by atoms with Crippen LogP contribution in [-0.2, 0) is 4.79 Å². The highest BCUT2D eigenvalue weighted by Gasteiger charge is 2.37. The van der Waals surface area contributed by atoms with E-state index in [-0.39, 0.29) is 11.6 Å². The van der Waals surface area contributed by atoms with Crippen LogP contribution in [-0.4, -0.2) is 34.1 Å². The molecule has 0 aromatic heterocycles. The smallest absolute Gasteiger partial charge is 0.320 e. The number of rotatable bonds is 2. The van der Waals surface area contributed by atoms with Gasteiger partial charge in [0.2, 0.25) is 0 Å². The van der Waals surface area contributed by atoms with E-state index in [1.54, 1.807) is 6.92 Å². The molecular weight excluding hydrogens is 154 g/mol. The standard InChI is InChI=1S/C9H17NO2/c1-7(8(11)12)10-6-4-5-9(10,2)3/h7H,4-6H2,1-3H3,(H,11,12). The summed E-state index contributed by atoms with van der Waals surface area (Å²) in [5, 5.41) is 8.83. The SMILES string of the molecule is CC(C(=O)O)N1CCCC1(C)C. The number of carboxylic acids is 1. The average molecular weight is 171 g/mol. The first-order chi connectivity index (χ1) is 5.45. The monoisotopic (exact) mass is 171 g/mol. The number of carboxylic acid groups (broad SMARTS) is 1. The highest BCUT2D eigenvalue weighted by Crippen LogP contribution is 2.29. The van der Waals surface area contributed by atoms with Gasteiger partial charge in [-0.15, -0.1) is 0 Å². The Morgan fingerprint density at radius 3 is 2.50 bits per heavy atom. The van der Waals surface area contributed by atoms with Gasteiger partial charge in [0.25, 0.3) is 0 Å². The molecule has 0 aromatic rings. The van der Waals surface area contributed by atoms with E-state index in [1.807, 2.05) is 0 Å². The molecule has 0 aromatic carbocycles. The second-order valence-corrected chi connectivity index (χ2v) is 4.12. The van der Waals surface area contributed by atoms with Crippen molar-refractivity contribution >= 4 is 5.97 Å². The van der Waals surface area contributed by atoms with E-state index in [0.29, 0.717) is 0 Å². The van der Waals surface area contributed by atoms with E-state index in [9.17, 15) is 4.79 Å². The molecule has 70 valence electrons. The fraction of sp³-hybridized carbons (Fsp3) is 0.889. The molecule has 1 aliphatic rings. The van der Waals surface area contributed by atoms with Crippen LogP contribution in [0.25, 0.3) is 0 Å². The van der Waals surface area contributed by atoms with Gasteiger partial charge in [-0.2, -0.15) is 0 Å². The second kappa shape index (κ2) is 3.05. The second-order valence-electron chi connectivity index (χ2n) is 4.12. The molecule has 0 spiro atoms. The van der Waals surface area contributed by atoms with Crippen molar-refractivity contribution in [2.24, 2.45) is 0 Å². The minimum atomic E-state index is -0.718. The van der Waals surface area contributed by atoms with Crippen molar-refractivity contribution < 1.29 is 9.90 Å². The van der Waals surface area contributed by atoms with Crippen LogP contribution in [0.1, 0.15) is 33.6 Å². The predicted octanol–water partition coefficient (Wildman–Crippen LogP) is 1.33. The first kappa shape index (κ1) is 9.52. The van der Waals surface area contributed by atoms with Crippen molar-refractivity contribution in [2.45, 2.75) is 45.2 Å². The highest BCUT2D eigenvalue weighted by molar-refractivity contribution is 5.73. The summed E-state index contributed by atoms with van der Waals surface area (Å²) < 4.78 is 0. The molecule has 0 radical (unpaired) electrons. The minimum Gasteiger partial charge on any atom is -0.480 e. The first-order valence-corrected chi connectivity index (χ1v) is 4.45. The maximum atomic E-state index is 10.7. The average Bonchev–Trinajstić information content (AvgIpc) is 2.27. The van der Waals surface area contributed by atoms with Gasteiger partial charge < -0.3 is 5.11 Å². The third-order valence-electron chi connectivity index (χ3n) is 2.79. The molecular formula is C9H17NO2. The van der Waals surface area contributed by atoms with Crippen molar-refractivity contribution in [3.05, 3.63) is 0 Å². The van der Waals surface area contributed by atoms with Crippen LogP contribution in [0, 0.1) is 0 Å². The summed E-state index contributed by atoms with van der Waals surface area (Å²) in [6, 6.07) is -0.345. The lowest BCUT2D eigenvalue weighted by Crippen LogP contribution is -2.47. The molecule has 1 fully saturated rings. The van der Waals surface area contributed by atoms with E-state index in [1.165, 1.54) is 0 Å². The van der Waals surface area contributed by atoms with Crippen LogP contribution < -0.4 is 0 Å². The van der Waals surface area contributed by atoms with Gasteiger partial charge in [-0.05, 0) is 40.2 Å². The Kier molecular flexibility index (Phi) is 2.42. The summed E-state index contributed by atoms with van der Waals surface area (Å²) in [5.74, 6) is -0.718. The Morgan fingerprint density at radius 1 is 1.58 bits per heavy atom. The van der Waals surface area contributed by atoms with Gasteiger partial charge in [-0.3, -0.25) is 9.69 Å². The largest absolute Gasteiger partial charge is 0.480 e. The molecule has 1 unspecified atom stereocenters. The van der Waals surface area contributed by atoms with Crippen LogP contribution in [0.4, 0.5) is 0 Å².